The number of carbonyl (C=O) groups excluding carboxylic acids is 1. The Morgan fingerprint density at radius 1 is 1.25 bits per heavy atom. The molecule has 0 spiro atoms. The highest BCUT2D eigenvalue weighted by Crippen LogP contribution is 2.21. The van der Waals surface area contributed by atoms with Gasteiger partial charge < -0.3 is 4.90 Å². The summed E-state index contributed by atoms with van der Waals surface area (Å²) < 4.78 is 3.10. The molecule has 0 atom stereocenters. The first-order valence-electron chi connectivity index (χ1n) is 8.11. The van der Waals surface area contributed by atoms with Crippen LogP contribution in [-0.2, 0) is 19.0 Å². The summed E-state index contributed by atoms with van der Waals surface area (Å²) in [5, 5.41) is 8.51. The number of likely N-dealkylation sites (tertiary alicyclic amines) is 1. The molecule has 24 heavy (non-hydrogen) atoms. The Hall–Kier alpha value is -2.44. The van der Waals surface area contributed by atoms with Gasteiger partial charge in [0.25, 0.3) is 11.5 Å². The van der Waals surface area contributed by atoms with E-state index >= 15 is 0 Å². The maximum absolute atomic E-state index is 12.3. The van der Waals surface area contributed by atoms with Crippen molar-refractivity contribution < 1.29 is 4.79 Å². The largest absolute Gasteiger partial charge is 0.336 e. The molecule has 0 unspecified atom stereocenters. The van der Waals surface area contributed by atoms with E-state index in [1.807, 2.05) is 0 Å². The molecule has 0 radical (unpaired) electrons. The first-order chi connectivity index (χ1) is 11.3. The van der Waals surface area contributed by atoms with Crippen molar-refractivity contribution in [2.24, 2.45) is 13.0 Å². The van der Waals surface area contributed by atoms with Gasteiger partial charge in [-0.2, -0.15) is 10.2 Å². The van der Waals surface area contributed by atoms with Gasteiger partial charge in [-0.15, -0.1) is 0 Å². The van der Waals surface area contributed by atoms with Crippen LogP contribution in [0.25, 0.3) is 0 Å². The fourth-order valence-corrected chi connectivity index (χ4v) is 2.82. The first-order valence-corrected chi connectivity index (χ1v) is 8.11. The Bertz CT molecular complexity index is 809. The zero-order valence-electron chi connectivity index (χ0n) is 14.6. The van der Waals surface area contributed by atoms with Crippen molar-refractivity contribution in [3.05, 3.63) is 46.1 Å². The third kappa shape index (κ3) is 3.11. The van der Waals surface area contributed by atoms with Crippen LogP contribution in [0.4, 0.5) is 0 Å². The van der Waals surface area contributed by atoms with Crippen molar-refractivity contribution in [2.45, 2.75) is 32.7 Å². The van der Waals surface area contributed by atoms with Crippen molar-refractivity contribution in [3.63, 3.8) is 0 Å². The standard InChI is InChI=1S/C17H23N5O2/c1-17(2,3)14-5-6-15(23)22(19-14)11-12-9-21(10-12)16(24)13-7-8-18-20(13)4/h5-8,12H,9-11H2,1-4H3. The van der Waals surface area contributed by atoms with Gasteiger partial charge in [0.1, 0.15) is 5.69 Å². The third-order valence-corrected chi connectivity index (χ3v) is 4.35. The van der Waals surface area contributed by atoms with Gasteiger partial charge in [0.2, 0.25) is 0 Å². The lowest BCUT2D eigenvalue weighted by Gasteiger charge is -2.39. The number of hydrogen-bond donors (Lipinski definition) is 0. The highest BCUT2D eigenvalue weighted by atomic mass is 16.2. The van der Waals surface area contributed by atoms with E-state index in [1.54, 1.807) is 41.0 Å². The number of rotatable bonds is 3. The minimum atomic E-state index is -0.101. The normalized spacial score (nSPS) is 15.4. The van der Waals surface area contributed by atoms with Crippen LogP contribution in [0, 0.1) is 5.92 Å². The molecule has 128 valence electrons. The summed E-state index contributed by atoms with van der Waals surface area (Å²) in [5.74, 6) is 0.234. The van der Waals surface area contributed by atoms with Gasteiger partial charge in [-0.05, 0) is 12.1 Å². The minimum absolute atomic E-state index is 0.0185. The summed E-state index contributed by atoms with van der Waals surface area (Å²) >= 11 is 0. The number of aryl methyl sites for hydroxylation is 1. The van der Waals surface area contributed by atoms with E-state index in [2.05, 4.69) is 31.0 Å². The van der Waals surface area contributed by atoms with Crippen LogP contribution in [0.2, 0.25) is 0 Å². The quantitative estimate of drug-likeness (QED) is 0.843. The Balaban J connectivity index is 1.65. The minimum Gasteiger partial charge on any atom is -0.336 e. The molecule has 1 aliphatic heterocycles. The fraction of sp³-hybridized carbons (Fsp3) is 0.529. The van der Waals surface area contributed by atoms with Crippen LogP contribution in [0.15, 0.2) is 29.2 Å². The fourth-order valence-electron chi connectivity index (χ4n) is 2.82. The maximum Gasteiger partial charge on any atom is 0.272 e. The monoisotopic (exact) mass is 329 g/mol. The van der Waals surface area contributed by atoms with Gasteiger partial charge in [-0.1, -0.05) is 20.8 Å². The van der Waals surface area contributed by atoms with Crippen LogP contribution in [0.5, 0.6) is 0 Å². The van der Waals surface area contributed by atoms with Crippen LogP contribution in [0.3, 0.4) is 0 Å². The zero-order valence-corrected chi connectivity index (χ0v) is 14.6. The predicted molar refractivity (Wildman–Crippen MR) is 89.8 cm³/mol. The molecule has 2 aromatic rings. The van der Waals surface area contributed by atoms with E-state index in [0.29, 0.717) is 25.3 Å². The smallest absolute Gasteiger partial charge is 0.272 e. The molecule has 0 aromatic carbocycles. The van der Waals surface area contributed by atoms with E-state index in [1.165, 1.54) is 4.68 Å². The molecule has 0 saturated carbocycles. The average molecular weight is 329 g/mol. The number of aromatic nitrogens is 4. The number of amides is 1. The second-order valence-corrected chi connectivity index (χ2v) is 7.41. The molecule has 0 N–H and O–H groups in total. The molecule has 3 heterocycles. The Morgan fingerprint density at radius 3 is 2.54 bits per heavy atom. The molecule has 1 amide bonds. The predicted octanol–water partition coefficient (Wildman–Crippen LogP) is 1.05. The number of nitrogens with zero attached hydrogens (tertiary/aromatic N) is 5. The molecule has 1 aliphatic rings. The van der Waals surface area contributed by atoms with Crippen molar-refractivity contribution in [1.29, 1.82) is 0 Å². The molecule has 1 saturated heterocycles. The van der Waals surface area contributed by atoms with Crippen molar-refractivity contribution >= 4 is 5.91 Å². The van der Waals surface area contributed by atoms with Crippen molar-refractivity contribution in [2.75, 3.05) is 13.1 Å². The topological polar surface area (TPSA) is 73.0 Å². The highest BCUT2D eigenvalue weighted by molar-refractivity contribution is 5.93. The Kier molecular flexibility index (Phi) is 4.03. The molecule has 0 bridgehead atoms. The average Bonchev–Trinajstić information content (AvgIpc) is 2.88. The lowest BCUT2D eigenvalue weighted by molar-refractivity contribution is 0.0446. The molecular weight excluding hydrogens is 306 g/mol. The summed E-state index contributed by atoms with van der Waals surface area (Å²) in [5.41, 5.74) is 1.28. The summed E-state index contributed by atoms with van der Waals surface area (Å²) in [6.07, 6.45) is 1.62. The van der Waals surface area contributed by atoms with E-state index in [0.717, 1.165) is 5.69 Å². The van der Waals surface area contributed by atoms with Crippen LogP contribution >= 0.6 is 0 Å². The van der Waals surface area contributed by atoms with Gasteiger partial charge in [-0.3, -0.25) is 14.3 Å². The molecule has 3 rings (SSSR count). The summed E-state index contributed by atoms with van der Waals surface area (Å²) in [6.45, 7) is 8.03. The Labute approximate surface area is 140 Å². The number of hydrogen-bond acceptors (Lipinski definition) is 4. The van der Waals surface area contributed by atoms with E-state index in [-0.39, 0.29) is 22.8 Å². The van der Waals surface area contributed by atoms with Gasteiger partial charge in [0, 0.05) is 43.7 Å². The van der Waals surface area contributed by atoms with Gasteiger partial charge in [-0.25, -0.2) is 4.68 Å². The SMILES string of the molecule is Cn1nccc1C(=O)N1CC(Cn2nc(C(C)(C)C)ccc2=O)C1. The third-order valence-electron chi connectivity index (χ3n) is 4.35. The molecular formula is C17H23N5O2. The van der Waals surface area contributed by atoms with E-state index in [4.69, 9.17) is 0 Å². The molecule has 1 fully saturated rings. The van der Waals surface area contributed by atoms with Gasteiger partial charge in [0.15, 0.2) is 0 Å². The molecule has 7 nitrogen and oxygen atoms in total. The van der Waals surface area contributed by atoms with E-state index < -0.39 is 0 Å². The van der Waals surface area contributed by atoms with Crippen LogP contribution in [-0.4, -0.2) is 43.5 Å². The Morgan fingerprint density at radius 2 is 1.96 bits per heavy atom. The van der Waals surface area contributed by atoms with Crippen LogP contribution < -0.4 is 5.56 Å². The number of carbonyl (C=O) groups is 1. The maximum atomic E-state index is 12.3. The van der Waals surface area contributed by atoms with Gasteiger partial charge in [0.05, 0.1) is 12.2 Å². The second kappa shape index (κ2) is 5.89. The van der Waals surface area contributed by atoms with E-state index in [9.17, 15) is 9.59 Å². The molecule has 7 heteroatoms. The lowest BCUT2D eigenvalue weighted by atomic mass is 9.92. The first kappa shape index (κ1) is 16.4. The summed E-state index contributed by atoms with van der Waals surface area (Å²) in [7, 11) is 1.76. The lowest BCUT2D eigenvalue weighted by Crippen LogP contribution is -2.52. The van der Waals surface area contributed by atoms with Crippen LogP contribution in [0.1, 0.15) is 37.0 Å². The second-order valence-electron chi connectivity index (χ2n) is 7.41. The van der Waals surface area contributed by atoms with Gasteiger partial charge >= 0.3 is 0 Å². The highest BCUT2D eigenvalue weighted by Gasteiger charge is 2.33. The van der Waals surface area contributed by atoms with Crippen molar-refractivity contribution in [1.82, 2.24) is 24.5 Å². The summed E-state index contributed by atoms with van der Waals surface area (Å²) in [4.78, 5) is 26.1. The van der Waals surface area contributed by atoms with Crippen molar-refractivity contribution in [3.8, 4) is 0 Å². The molecule has 0 aliphatic carbocycles. The molecule has 2 aromatic heterocycles. The summed E-state index contributed by atoms with van der Waals surface area (Å²) in [6, 6.07) is 5.08. The zero-order chi connectivity index (χ0) is 17.5.